The minimum Gasteiger partial charge on any atom is -0.465 e. The molecule has 0 radical (unpaired) electrons. The lowest BCUT2D eigenvalue weighted by atomic mass is 10.2. The van der Waals surface area contributed by atoms with Crippen LogP contribution in [-0.4, -0.2) is 71.6 Å². The van der Waals surface area contributed by atoms with Gasteiger partial charge in [0, 0.05) is 33.5 Å². The van der Waals surface area contributed by atoms with Crippen LogP contribution in [0.15, 0.2) is 11.5 Å². The molecule has 9 nitrogen and oxygen atoms in total. The molecule has 0 bridgehead atoms. The molecule has 0 aliphatic heterocycles. The molecule has 0 amide bonds. The first kappa shape index (κ1) is 26.6. The van der Waals surface area contributed by atoms with Gasteiger partial charge in [-0.2, -0.15) is 0 Å². The van der Waals surface area contributed by atoms with Gasteiger partial charge in [0.25, 0.3) is 5.95 Å². The molecular weight excluding hydrogens is 372 g/mol. The number of esters is 1. The van der Waals surface area contributed by atoms with Crippen LogP contribution in [0.4, 0.5) is 0 Å². The quantitative estimate of drug-likeness (QED) is 0.118. The maximum atomic E-state index is 13.1. The molecule has 0 N–H and O–H groups in total. The van der Waals surface area contributed by atoms with E-state index in [1.165, 1.54) is 7.11 Å². The van der Waals surface area contributed by atoms with Crippen molar-refractivity contribution in [1.29, 1.82) is 0 Å². The van der Waals surface area contributed by atoms with Gasteiger partial charge in [-0.3, -0.25) is 0 Å². The van der Waals surface area contributed by atoms with Crippen LogP contribution in [0.25, 0.3) is 0 Å². The van der Waals surface area contributed by atoms with Crippen LogP contribution >= 0.6 is 0 Å². The molecule has 0 aliphatic rings. The molecule has 0 saturated heterocycles. The maximum absolute atomic E-state index is 13.1. The third kappa shape index (κ3) is 8.74. The molecule has 0 aromatic rings. The summed E-state index contributed by atoms with van der Waals surface area (Å²) in [5, 5.41) is 0. The normalized spacial score (nSPS) is 13.7. The zero-order valence-electron chi connectivity index (χ0n) is 18.2. The molecule has 1 unspecified atom stereocenters. The van der Waals surface area contributed by atoms with Crippen molar-refractivity contribution in [3.8, 4) is 0 Å². The van der Waals surface area contributed by atoms with E-state index in [4.69, 9.17) is 37.9 Å². The predicted octanol–water partition coefficient (Wildman–Crippen LogP) is 2.59. The highest BCUT2D eigenvalue weighted by Gasteiger charge is 2.47. The number of ether oxygens (including phenoxy) is 8. The Morgan fingerprint density at radius 1 is 0.821 bits per heavy atom. The Bertz CT molecular complexity index is 434. The fraction of sp³-hybridized carbons (Fsp3) is 0.842. The zero-order chi connectivity index (χ0) is 21.4. The average molecular weight is 408 g/mol. The van der Waals surface area contributed by atoms with Crippen LogP contribution in [-0.2, 0) is 42.7 Å². The lowest BCUT2D eigenvalue weighted by molar-refractivity contribution is -0.354. The van der Waals surface area contributed by atoms with E-state index in [2.05, 4.69) is 0 Å². The molecule has 0 spiro atoms. The fourth-order valence-electron chi connectivity index (χ4n) is 2.26. The van der Waals surface area contributed by atoms with Crippen LogP contribution in [0, 0.1) is 0 Å². The highest BCUT2D eigenvalue weighted by molar-refractivity contribution is 5.90. The van der Waals surface area contributed by atoms with Crippen LogP contribution < -0.4 is 0 Å². The molecule has 0 saturated carbocycles. The van der Waals surface area contributed by atoms with Crippen LogP contribution in [0.5, 0.6) is 0 Å². The number of rotatable bonds is 17. The summed E-state index contributed by atoms with van der Waals surface area (Å²) in [6, 6.07) is 0. The molecule has 166 valence electrons. The number of carbonyl (C=O) groups is 1. The Labute approximate surface area is 168 Å². The van der Waals surface area contributed by atoms with Gasteiger partial charge in [0.1, 0.15) is 6.61 Å². The van der Waals surface area contributed by atoms with Crippen LogP contribution in [0.3, 0.4) is 0 Å². The summed E-state index contributed by atoms with van der Waals surface area (Å²) in [5.74, 6) is -2.75. The van der Waals surface area contributed by atoms with Crippen molar-refractivity contribution in [2.75, 3.05) is 53.4 Å². The van der Waals surface area contributed by atoms with E-state index in [9.17, 15) is 4.79 Å². The van der Waals surface area contributed by atoms with E-state index >= 15 is 0 Å². The minimum atomic E-state index is -1.85. The largest absolute Gasteiger partial charge is 0.465 e. The topological polar surface area (TPSA) is 90.9 Å². The summed E-state index contributed by atoms with van der Waals surface area (Å²) in [5.41, 5.74) is -0.164. The summed E-state index contributed by atoms with van der Waals surface area (Å²) in [7, 11) is 1.54. The summed E-state index contributed by atoms with van der Waals surface area (Å²) in [6.07, 6.45) is -0.795. The van der Waals surface area contributed by atoms with Crippen molar-refractivity contribution < 1.29 is 42.7 Å². The second-order valence-corrected chi connectivity index (χ2v) is 5.22. The fourth-order valence-corrected chi connectivity index (χ4v) is 2.26. The van der Waals surface area contributed by atoms with Gasteiger partial charge in [0.05, 0.1) is 13.2 Å². The van der Waals surface area contributed by atoms with Crippen molar-refractivity contribution in [2.24, 2.45) is 0 Å². The van der Waals surface area contributed by atoms with E-state index < -0.39 is 18.2 Å². The minimum absolute atomic E-state index is 0.108. The van der Waals surface area contributed by atoms with Gasteiger partial charge >= 0.3 is 11.9 Å². The van der Waals surface area contributed by atoms with Crippen molar-refractivity contribution in [2.45, 2.75) is 53.8 Å². The Morgan fingerprint density at radius 3 is 1.82 bits per heavy atom. The molecule has 0 fully saturated rings. The van der Waals surface area contributed by atoms with E-state index in [0.717, 1.165) is 0 Å². The Hall–Kier alpha value is -1.39. The van der Waals surface area contributed by atoms with Crippen LogP contribution in [0.2, 0.25) is 0 Å². The number of hydrogen-bond acceptors (Lipinski definition) is 9. The average Bonchev–Trinajstić information content (AvgIpc) is 2.63. The summed E-state index contributed by atoms with van der Waals surface area (Å²) in [6.45, 7) is 12.1. The maximum Gasteiger partial charge on any atom is 0.351 e. The molecular formula is C19H36O9. The smallest absolute Gasteiger partial charge is 0.351 e. The standard InChI is InChI=1S/C19H36O9/c1-8-22-15(6)28-17(20)16(18(23-9-2)24-14-13-21-7)19(25-10-3,26-11-4)27-12-5/h15H,8-14H2,1-7H3/b18-16+. The Balaban J connectivity index is 6.24. The van der Waals surface area contributed by atoms with Gasteiger partial charge in [-0.25, -0.2) is 4.79 Å². The third-order valence-corrected chi connectivity index (χ3v) is 3.19. The molecule has 0 aromatic heterocycles. The third-order valence-electron chi connectivity index (χ3n) is 3.19. The molecule has 0 heterocycles. The van der Waals surface area contributed by atoms with Gasteiger partial charge in [-0.15, -0.1) is 0 Å². The van der Waals surface area contributed by atoms with Gasteiger partial charge in [-0.1, -0.05) is 0 Å². The first-order valence-corrected chi connectivity index (χ1v) is 9.69. The predicted molar refractivity (Wildman–Crippen MR) is 101 cm³/mol. The van der Waals surface area contributed by atoms with Gasteiger partial charge < -0.3 is 37.9 Å². The van der Waals surface area contributed by atoms with Gasteiger partial charge in [0.15, 0.2) is 6.29 Å². The molecule has 1 atom stereocenters. The second kappa shape index (κ2) is 15.5. The zero-order valence-corrected chi connectivity index (χ0v) is 18.2. The van der Waals surface area contributed by atoms with Crippen molar-refractivity contribution in [3.63, 3.8) is 0 Å². The van der Waals surface area contributed by atoms with E-state index in [1.807, 2.05) is 0 Å². The van der Waals surface area contributed by atoms with Gasteiger partial charge in [0.2, 0.25) is 5.57 Å². The molecule has 0 rings (SSSR count). The number of hydrogen-bond donors (Lipinski definition) is 0. The van der Waals surface area contributed by atoms with Crippen molar-refractivity contribution in [3.05, 3.63) is 11.5 Å². The van der Waals surface area contributed by atoms with Crippen LogP contribution in [0.1, 0.15) is 41.5 Å². The molecule has 0 aliphatic carbocycles. The highest BCUT2D eigenvalue weighted by Crippen LogP contribution is 2.31. The molecule has 9 heteroatoms. The molecule has 28 heavy (non-hydrogen) atoms. The van der Waals surface area contributed by atoms with E-state index in [-0.39, 0.29) is 44.6 Å². The van der Waals surface area contributed by atoms with Gasteiger partial charge in [-0.05, 0) is 41.5 Å². The van der Waals surface area contributed by atoms with E-state index in [0.29, 0.717) is 13.2 Å². The Morgan fingerprint density at radius 2 is 1.39 bits per heavy atom. The summed E-state index contributed by atoms with van der Waals surface area (Å²) >= 11 is 0. The Kier molecular flexibility index (Phi) is 14.8. The monoisotopic (exact) mass is 408 g/mol. The lowest BCUT2D eigenvalue weighted by Crippen LogP contribution is -2.46. The number of carbonyl (C=O) groups excluding carboxylic acids is 1. The molecule has 0 aromatic carbocycles. The second-order valence-electron chi connectivity index (χ2n) is 5.22. The van der Waals surface area contributed by atoms with Crippen molar-refractivity contribution in [1.82, 2.24) is 0 Å². The first-order valence-electron chi connectivity index (χ1n) is 9.69. The lowest BCUT2D eigenvalue weighted by Gasteiger charge is -2.34. The first-order chi connectivity index (χ1) is 13.5. The summed E-state index contributed by atoms with van der Waals surface area (Å²) < 4.78 is 44.1. The SMILES string of the molecule is CCO/C(OCCOC)=C(/C(=O)OC(C)OCC)C(OCC)(OCC)OCC. The van der Waals surface area contributed by atoms with E-state index in [1.54, 1.807) is 41.5 Å². The number of methoxy groups -OCH3 is 1. The summed E-state index contributed by atoms with van der Waals surface area (Å²) in [4.78, 5) is 13.1. The van der Waals surface area contributed by atoms with Crippen molar-refractivity contribution >= 4 is 5.97 Å². The highest BCUT2D eigenvalue weighted by atomic mass is 16.9.